The quantitative estimate of drug-likeness (QED) is 0.808. The van der Waals surface area contributed by atoms with E-state index >= 15 is 0 Å². The standard InChI is InChI=1S/C13H14F4N2O/c1-19-11(20)5-4-10(18)12(19)8-3-2-7(14)6-9(8)13(15,16)17/h2-3,6,10,12H,4-5,18H2,1H3. The summed E-state index contributed by atoms with van der Waals surface area (Å²) >= 11 is 0. The molecule has 1 aliphatic heterocycles. The smallest absolute Gasteiger partial charge is 0.337 e. The number of hydrogen-bond acceptors (Lipinski definition) is 2. The molecule has 0 aromatic heterocycles. The number of benzene rings is 1. The summed E-state index contributed by atoms with van der Waals surface area (Å²) in [5.74, 6) is -1.24. The molecule has 2 rings (SSSR count). The molecule has 2 N–H and O–H groups in total. The zero-order valence-electron chi connectivity index (χ0n) is 10.7. The SMILES string of the molecule is CN1C(=O)CCC(N)C1c1ccc(F)cc1C(F)(F)F. The lowest BCUT2D eigenvalue weighted by Gasteiger charge is -2.38. The van der Waals surface area contributed by atoms with Crippen molar-refractivity contribution in [1.29, 1.82) is 0 Å². The minimum Gasteiger partial charge on any atom is -0.337 e. The molecule has 0 bridgehead atoms. The van der Waals surface area contributed by atoms with Crippen molar-refractivity contribution in [2.24, 2.45) is 5.73 Å². The van der Waals surface area contributed by atoms with Gasteiger partial charge >= 0.3 is 6.18 Å². The van der Waals surface area contributed by atoms with Gasteiger partial charge in [-0.3, -0.25) is 4.79 Å². The third kappa shape index (κ3) is 2.63. The number of rotatable bonds is 1. The van der Waals surface area contributed by atoms with Gasteiger partial charge < -0.3 is 10.6 Å². The van der Waals surface area contributed by atoms with E-state index in [0.717, 1.165) is 12.1 Å². The molecule has 1 aromatic carbocycles. The fraction of sp³-hybridized carbons (Fsp3) is 0.462. The average Bonchev–Trinajstić information content (AvgIpc) is 2.35. The number of carbonyl (C=O) groups excluding carboxylic acids is 1. The molecule has 2 atom stereocenters. The minimum atomic E-state index is -4.70. The minimum absolute atomic E-state index is 0.165. The van der Waals surface area contributed by atoms with Gasteiger partial charge in [0.1, 0.15) is 5.82 Å². The number of likely N-dealkylation sites (tertiary alicyclic amines) is 1. The van der Waals surface area contributed by atoms with Gasteiger partial charge in [-0.15, -0.1) is 0 Å². The lowest BCUT2D eigenvalue weighted by Crippen LogP contribution is -2.47. The maximum absolute atomic E-state index is 13.1. The van der Waals surface area contributed by atoms with Crippen LogP contribution in [0.4, 0.5) is 17.6 Å². The number of piperidine rings is 1. The van der Waals surface area contributed by atoms with Gasteiger partial charge in [-0.05, 0) is 24.1 Å². The van der Waals surface area contributed by atoms with Crippen LogP contribution in [0.1, 0.15) is 30.0 Å². The predicted molar refractivity (Wildman–Crippen MR) is 64.1 cm³/mol. The molecule has 1 heterocycles. The Bertz CT molecular complexity index is 530. The molecule has 1 aromatic rings. The van der Waals surface area contributed by atoms with Crippen LogP contribution in [0.2, 0.25) is 0 Å². The van der Waals surface area contributed by atoms with Crippen LogP contribution in [0, 0.1) is 5.82 Å². The van der Waals surface area contributed by atoms with Crippen molar-refractivity contribution < 1.29 is 22.4 Å². The molecule has 7 heteroatoms. The summed E-state index contributed by atoms with van der Waals surface area (Å²) in [4.78, 5) is 12.9. The Morgan fingerprint density at radius 1 is 1.35 bits per heavy atom. The average molecular weight is 290 g/mol. The number of amides is 1. The van der Waals surface area contributed by atoms with Gasteiger partial charge in [-0.2, -0.15) is 13.2 Å². The van der Waals surface area contributed by atoms with E-state index in [9.17, 15) is 22.4 Å². The molecule has 0 radical (unpaired) electrons. The number of halogens is 4. The topological polar surface area (TPSA) is 46.3 Å². The Morgan fingerprint density at radius 3 is 2.60 bits per heavy atom. The van der Waals surface area contributed by atoms with Crippen LogP contribution in [0.25, 0.3) is 0 Å². The van der Waals surface area contributed by atoms with Crippen LogP contribution < -0.4 is 5.73 Å². The lowest BCUT2D eigenvalue weighted by atomic mass is 9.88. The van der Waals surface area contributed by atoms with E-state index in [1.54, 1.807) is 0 Å². The molecule has 0 saturated carbocycles. The Balaban J connectivity index is 2.53. The first-order valence-electron chi connectivity index (χ1n) is 6.09. The van der Waals surface area contributed by atoms with E-state index < -0.39 is 29.6 Å². The second-order valence-electron chi connectivity index (χ2n) is 4.88. The molecule has 0 aliphatic carbocycles. The number of carbonyl (C=O) groups is 1. The summed E-state index contributed by atoms with van der Waals surface area (Å²) in [7, 11) is 1.41. The van der Waals surface area contributed by atoms with E-state index in [0.29, 0.717) is 12.5 Å². The van der Waals surface area contributed by atoms with Crippen LogP contribution in [0.5, 0.6) is 0 Å². The second-order valence-corrected chi connectivity index (χ2v) is 4.88. The van der Waals surface area contributed by atoms with Gasteiger partial charge in [0.05, 0.1) is 11.6 Å². The number of alkyl halides is 3. The van der Waals surface area contributed by atoms with Crippen LogP contribution in [0.3, 0.4) is 0 Å². The van der Waals surface area contributed by atoms with Crippen molar-refractivity contribution in [1.82, 2.24) is 4.90 Å². The predicted octanol–water partition coefficient (Wildman–Crippen LogP) is 2.47. The Labute approximate surface area is 113 Å². The molecule has 1 aliphatic rings. The van der Waals surface area contributed by atoms with Crippen molar-refractivity contribution in [2.45, 2.75) is 31.1 Å². The third-order valence-corrected chi connectivity index (χ3v) is 3.55. The van der Waals surface area contributed by atoms with Gasteiger partial charge in [-0.25, -0.2) is 4.39 Å². The van der Waals surface area contributed by atoms with Gasteiger partial charge in [0, 0.05) is 19.5 Å². The Hall–Kier alpha value is -1.63. The van der Waals surface area contributed by atoms with E-state index in [2.05, 4.69) is 0 Å². The number of likely N-dealkylation sites (N-methyl/N-ethyl adjacent to an activating group) is 1. The molecule has 1 saturated heterocycles. The molecule has 110 valence electrons. The van der Waals surface area contributed by atoms with Crippen molar-refractivity contribution in [3.8, 4) is 0 Å². The van der Waals surface area contributed by atoms with Gasteiger partial charge in [0.2, 0.25) is 5.91 Å². The first kappa shape index (κ1) is 14.8. The highest BCUT2D eigenvalue weighted by molar-refractivity contribution is 5.77. The monoisotopic (exact) mass is 290 g/mol. The zero-order valence-corrected chi connectivity index (χ0v) is 10.7. The lowest BCUT2D eigenvalue weighted by molar-refractivity contribution is -0.142. The molecule has 20 heavy (non-hydrogen) atoms. The highest BCUT2D eigenvalue weighted by Crippen LogP contribution is 2.39. The number of hydrogen-bond donors (Lipinski definition) is 1. The largest absolute Gasteiger partial charge is 0.416 e. The summed E-state index contributed by atoms with van der Waals surface area (Å²) in [6, 6.07) is 0.939. The van der Waals surface area contributed by atoms with E-state index in [4.69, 9.17) is 5.73 Å². The van der Waals surface area contributed by atoms with Crippen molar-refractivity contribution >= 4 is 5.91 Å². The van der Waals surface area contributed by atoms with Crippen LogP contribution in [-0.4, -0.2) is 23.9 Å². The van der Waals surface area contributed by atoms with Gasteiger partial charge in [0.15, 0.2) is 0 Å². The molecule has 3 nitrogen and oxygen atoms in total. The van der Waals surface area contributed by atoms with Crippen LogP contribution >= 0.6 is 0 Å². The molecule has 0 spiro atoms. The fourth-order valence-corrected chi connectivity index (χ4v) is 2.54. The number of nitrogens with two attached hydrogens (primary N) is 1. The summed E-state index contributed by atoms with van der Waals surface area (Å²) in [5, 5.41) is 0. The van der Waals surface area contributed by atoms with Gasteiger partial charge in [0.25, 0.3) is 0 Å². The molecule has 1 fully saturated rings. The van der Waals surface area contributed by atoms with Gasteiger partial charge in [-0.1, -0.05) is 6.07 Å². The molecule has 2 unspecified atom stereocenters. The van der Waals surface area contributed by atoms with Crippen molar-refractivity contribution in [3.63, 3.8) is 0 Å². The summed E-state index contributed by atoms with van der Waals surface area (Å²) < 4.78 is 52.2. The molecular formula is C13H14F4N2O. The highest BCUT2D eigenvalue weighted by atomic mass is 19.4. The van der Waals surface area contributed by atoms with Crippen molar-refractivity contribution in [3.05, 3.63) is 35.1 Å². The number of nitrogens with zero attached hydrogens (tertiary/aromatic N) is 1. The normalized spacial score (nSPS) is 24.1. The Morgan fingerprint density at radius 2 is 2.00 bits per heavy atom. The molecule has 1 amide bonds. The third-order valence-electron chi connectivity index (χ3n) is 3.55. The fourth-order valence-electron chi connectivity index (χ4n) is 2.54. The van der Waals surface area contributed by atoms with Crippen molar-refractivity contribution in [2.75, 3.05) is 7.05 Å². The maximum atomic E-state index is 13.1. The second kappa shape index (κ2) is 5.05. The van der Waals surface area contributed by atoms with E-state index in [-0.39, 0.29) is 17.9 Å². The van der Waals surface area contributed by atoms with Crippen LogP contribution in [-0.2, 0) is 11.0 Å². The molecular weight excluding hydrogens is 276 g/mol. The van der Waals surface area contributed by atoms with E-state index in [1.165, 1.54) is 11.9 Å². The maximum Gasteiger partial charge on any atom is 0.416 e. The zero-order chi connectivity index (χ0) is 15.1. The Kier molecular flexibility index (Phi) is 3.73. The summed E-state index contributed by atoms with van der Waals surface area (Å²) in [5.41, 5.74) is 4.61. The van der Waals surface area contributed by atoms with Crippen LogP contribution in [0.15, 0.2) is 18.2 Å². The first-order valence-corrected chi connectivity index (χ1v) is 6.09. The highest BCUT2D eigenvalue weighted by Gasteiger charge is 2.40. The summed E-state index contributed by atoms with van der Waals surface area (Å²) in [6.07, 6.45) is -4.18. The van der Waals surface area contributed by atoms with E-state index in [1.807, 2.05) is 0 Å². The first-order chi connectivity index (χ1) is 9.21. The summed E-state index contributed by atoms with van der Waals surface area (Å²) in [6.45, 7) is 0.